The number of aryl methyl sites for hydroxylation is 1. The van der Waals surface area contributed by atoms with Crippen molar-refractivity contribution in [2.45, 2.75) is 19.9 Å². The third kappa shape index (κ3) is 3.85. The zero-order valence-electron chi connectivity index (χ0n) is 17.1. The number of hydrogen-bond acceptors (Lipinski definition) is 5. The minimum absolute atomic E-state index is 0.258. The topological polar surface area (TPSA) is 30.9 Å². The van der Waals surface area contributed by atoms with E-state index in [0.29, 0.717) is 5.69 Å². The zero-order chi connectivity index (χ0) is 20.5. The number of anilines is 2. The third-order valence-electron chi connectivity index (χ3n) is 5.73. The van der Waals surface area contributed by atoms with Gasteiger partial charge in [-0.1, -0.05) is 37.3 Å². The van der Waals surface area contributed by atoms with Gasteiger partial charge in [-0.25, -0.2) is 9.38 Å². The van der Waals surface area contributed by atoms with E-state index in [1.807, 2.05) is 0 Å². The van der Waals surface area contributed by atoms with Gasteiger partial charge < -0.3 is 10.2 Å². The molecule has 0 bridgehead atoms. The first kappa shape index (κ1) is 19.3. The predicted molar refractivity (Wildman–Crippen MR) is 123 cm³/mol. The standard InChI is InChI=1S/C24H25FN4S/c1-2-19-15-20-23(26-22-14-18(25)8-9-21(22)27-24(20)30-19)29-12-10-28(11-13-29)16-17-6-4-3-5-7-17/h3-9,14-15,27H,2,10-13,16H2,1H3. The minimum Gasteiger partial charge on any atom is -0.353 e. The first-order valence-electron chi connectivity index (χ1n) is 10.5. The number of nitrogens with zero attached hydrogens (tertiary/aromatic N) is 3. The van der Waals surface area contributed by atoms with Crippen molar-refractivity contribution in [3.63, 3.8) is 0 Å². The van der Waals surface area contributed by atoms with Crippen LogP contribution in [0.1, 0.15) is 22.9 Å². The molecule has 0 aliphatic carbocycles. The molecule has 2 aliphatic rings. The molecule has 6 heteroatoms. The van der Waals surface area contributed by atoms with E-state index in [1.54, 1.807) is 17.4 Å². The van der Waals surface area contributed by atoms with Gasteiger partial charge >= 0.3 is 0 Å². The van der Waals surface area contributed by atoms with Crippen LogP contribution in [0.2, 0.25) is 0 Å². The van der Waals surface area contributed by atoms with Gasteiger partial charge in [-0.15, -0.1) is 11.3 Å². The normalized spacial score (nSPS) is 16.3. The quantitative estimate of drug-likeness (QED) is 0.615. The summed E-state index contributed by atoms with van der Waals surface area (Å²) in [7, 11) is 0. The molecule has 0 spiro atoms. The molecule has 2 aromatic carbocycles. The van der Waals surface area contributed by atoms with Gasteiger partial charge in [-0.2, -0.15) is 0 Å². The Morgan fingerprint density at radius 1 is 1.03 bits per heavy atom. The number of nitrogens with one attached hydrogen (secondary N) is 1. The lowest BCUT2D eigenvalue weighted by Crippen LogP contribution is -2.48. The first-order chi connectivity index (χ1) is 14.7. The molecule has 0 saturated carbocycles. The van der Waals surface area contributed by atoms with Crippen LogP contribution in [0.25, 0.3) is 0 Å². The number of fused-ring (bicyclic) bond motifs is 2. The SMILES string of the molecule is CCc1cc2c(s1)Nc1ccc(F)cc1N=C2N1CCN(Cc2ccccc2)CC1. The van der Waals surface area contributed by atoms with Gasteiger partial charge in [0.2, 0.25) is 0 Å². The maximum atomic E-state index is 13.9. The van der Waals surface area contributed by atoms with Crippen LogP contribution in [-0.4, -0.2) is 41.8 Å². The minimum atomic E-state index is -0.258. The lowest BCUT2D eigenvalue weighted by Gasteiger charge is -2.36. The molecule has 30 heavy (non-hydrogen) atoms. The summed E-state index contributed by atoms with van der Waals surface area (Å²) >= 11 is 1.76. The number of piperazine rings is 1. The van der Waals surface area contributed by atoms with E-state index in [0.717, 1.165) is 61.2 Å². The van der Waals surface area contributed by atoms with Gasteiger partial charge in [0.1, 0.15) is 16.7 Å². The second kappa shape index (κ2) is 8.20. The Morgan fingerprint density at radius 2 is 1.83 bits per heavy atom. The van der Waals surface area contributed by atoms with E-state index in [-0.39, 0.29) is 5.82 Å². The number of benzene rings is 2. The Hall–Kier alpha value is -2.70. The molecular weight excluding hydrogens is 395 g/mol. The van der Waals surface area contributed by atoms with Gasteiger partial charge in [0.15, 0.2) is 0 Å². The molecule has 154 valence electrons. The van der Waals surface area contributed by atoms with Crippen molar-refractivity contribution in [3.05, 3.63) is 76.4 Å². The third-order valence-corrected chi connectivity index (χ3v) is 6.92. The molecule has 0 radical (unpaired) electrons. The number of thiophene rings is 1. The fourth-order valence-corrected chi connectivity index (χ4v) is 5.08. The van der Waals surface area contributed by atoms with Crippen molar-refractivity contribution in [2.24, 2.45) is 4.99 Å². The molecule has 0 amide bonds. The molecule has 4 nitrogen and oxygen atoms in total. The number of amidine groups is 1. The number of rotatable bonds is 3. The van der Waals surface area contributed by atoms with Gasteiger partial charge in [0, 0.05) is 43.7 Å². The van der Waals surface area contributed by atoms with E-state index in [4.69, 9.17) is 4.99 Å². The Morgan fingerprint density at radius 3 is 2.60 bits per heavy atom. The summed E-state index contributed by atoms with van der Waals surface area (Å²) in [5.74, 6) is 0.697. The zero-order valence-corrected chi connectivity index (χ0v) is 17.9. The highest BCUT2D eigenvalue weighted by Gasteiger charge is 2.26. The van der Waals surface area contributed by atoms with Gasteiger partial charge in [-0.3, -0.25) is 4.90 Å². The Bertz CT molecular complexity index is 1070. The summed E-state index contributed by atoms with van der Waals surface area (Å²) in [4.78, 5) is 11.1. The van der Waals surface area contributed by atoms with E-state index < -0.39 is 0 Å². The monoisotopic (exact) mass is 420 g/mol. The van der Waals surface area contributed by atoms with E-state index in [2.05, 4.69) is 58.4 Å². The first-order valence-corrected chi connectivity index (χ1v) is 11.3. The lowest BCUT2D eigenvalue weighted by atomic mass is 10.1. The van der Waals surface area contributed by atoms with Crippen molar-refractivity contribution in [1.29, 1.82) is 0 Å². The molecule has 0 unspecified atom stereocenters. The molecule has 1 N–H and O–H groups in total. The van der Waals surface area contributed by atoms with Crippen molar-refractivity contribution < 1.29 is 4.39 Å². The Labute approximate surface area is 180 Å². The Kier molecular flexibility index (Phi) is 5.27. The maximum Gasteiger partial charge on any atom is 0.139 e. The molecule has 1 aromatic heterocycles. The number of aliphatic imine (C=N–C) groups is 1. The van der Waals surface area contributed by atoms with Crippen LogP contribution in [0.4, 0.5) is 20.8 Å². The van der Waals surface area contributed by atoms with Crippen molar-refractivity contribution in [2.75, 3.05) is 31.5 Å². The lowest BCUT2D eigenvalue weighted by molar-refractivity contribution is 0.176. The summed E-state index contributed by atoms with van der Waals surface area (Å²) in [6, 6.07) is 17.6. The van der Waals surface area contributed by atoms with Crippen LogP contribution in [0.5, 0.6) is 0 Å². The summed E-state index contributed by atoms with van der Waals surface area (Å²) < 4.78 is 13.9. The predicted octanol–water partition coefficient (Wildman–Crippen LogP) is 5.40. The van der Waals surface area contributed by atoms with Crippen LogP contribution in [-0.2, 0) is 13.0 Å². The summed E-state index contributed by atoms with van der Waals surface area (Å²) in [5, 5.41) is 4.60. The average molecular weight is 421 g/mol. The van der Waals surface area contributed by atoms with Crippen molar-refractivity contribution in [3.8, 4) is 0 Å². The summed E-state index contributed by atoms with van der Waals surface area (Å²) in [5.41, 5.74) is 4.00. The molecule has 0 atom stereocenters. The second-order valence-corrected chi connectivity index (χ2v) is 8.92. The number of halogens is 1. The molecule has 3 heterocycles. The van der Waals surface area contributed by atoms with Crippen LogP contribution in [0, 0.1) is 5.82 Å². The van der Waals surface area contributed by atoms with Crippen LogP contribution >= 0.6 is 11.3 Å². The molecule has 5 rings (SSSR count). The van der Waals surface area contributed by atoms with E-state index in [1.165, 1.54) is 22.6 Å². The summed E-state index contributed by atoms with van der Waals surface area (Å²) in [6.45, 7) is 6.93. The van der Waals surface area contributed by atoms with Gasteiger partial charge in [-0.05, 0) is 30.2 Å². The van der Waals surface area contributed by atoms with Crippen LogP contribution < -0.4 is 5.32 Å². The van der Waals surface area contributed by atoms with Crippen molar-refractivity contribution >= 4 is 33.5 Å². The smallest absolute Gasteiger partial charge is 0.139 e. The average Bonchev–Trinajstić information content (AvgIpc) is 3.11. The van der Waals surface area contributed by atoms with E-state index in [9.17, 15) is 4.39 Å². The van der Waals surface area contributed by atoms with Crippen LogP contribution in [0.15, 0.2) is 59.6 Å². The largest absolute Gasteiger partial charge is 0.353 e. The van der Waals surface area contributed by atoms with Crippen LogP contribution in [0.3, 0.4) is 0 Å². The van der Waals surface area contributed by atoms with Gasteiger partial charge in [0.05, 0.1) is 16.9 Å². The fourth-order valence-electron chi connectivity index (χ4n) is 4.08. The molecule has 1 saturated heterocycles. The molecule has 2 aliphatic heterocycles. The molecule has 3 aromatic rings. The summed E-state index contributed by atoms with van der Waals surface area (Å²) in [6.07, 6.45) is 0.994. The highest BCUT2D eigenvalue weighted by atomic mass is 32.1. The highest BCUT2D eigenvalue weighted by Crippen LogP contribution is 2.40. The highest BCUT2D eigenvalue weighted by molar-refractivity contribution is 7.16. The molecule has 1 fully saturated rings. The number of hydrogen-bond donors (Lipinski definition) is 1. The fraction of sp³-hybridized carbons (Fsp3) is 0.292. The Balaban J connectivity index is 1.41. The van der Waals surface area contributed by atoms with Gasteiger partial charge in [0.25, 0.3) is 0 Å². The second-order valence-electron chi connectivity index (χ2n) is 7.78. The van der Waals surface area contributed by atoms with Crippen molar-refractivity contribution in [1.82, 2.24) is 9.80 Å². The van der Waals surface area contributed by atoms with E-state index >= 15 is 0 Å². The maximum absolute atomic E-state index is 13.9. The molecular formula is C24H25FN4S.